The van der Waals surface area contributed by atoms with E-state index in [1.807, 2.05) is 0 Å². The zero-order valence-corrected chi connectivity index (χ0v) is 25.5. The number of carboxylic acids is 1. The van der Waals surface area contributed by atoms with E-state index in [9.17, 15) is 27.9 Å². The van der Waals surface area contributed by atoms with E-state index >= 15 is 0 Å². The highest BCUT2D eigenvalue weighted by atomic mass is 32.3. The summed E-state index contributed by atoms with van der Waals surface area (Å²) in [6, 6.07) is 5.39. The topological polar surface area (TPSA) is 282 Å². The molecular weight excluding hydrogens is 638 g/mol. The van der Waals surface area contributed by atoms with Gasteiger partial charge in [0.2, 0.25) is 0 Å². The van der Waals surface area contributed by atoms with Crippen molar-refractivity contribution in [2.75, 3.05) is 32.0 Å². The van der Waals surface area contributed by atoms with E-state index in [0.29, 0.717) is 36.4 Å². The monoisotopic (exact) mass is 669 g/mol. The van der Waals surface area contributed by atoms with Gasteiger partial charge in [0.25, 0.3) is 17.9 Å². The maximum atomic E-state index is 13.2. The van der Waals surface area contributed by atoms with E-state index < -0.39 is 58.2 Å². The molecule has 0 radical (unpaired) electrons. The van der Waals surface area contributed by atoms with Gasteiger partial charge in [-0.25, -0.2) is 14.8 Å². The van der Waals surface area contributed by atoms with Crippen LogP contribution in [-0.4, -0.2) is 102 Å². The minimum atomic E-state index is -5.01. The van der Waals surface area contributed by atoms with Crippen LogP contribution >= 0.6 is 11.3 Å². The molecule has 21 heteroatoms. The molecule has 0 bridgehead atoms. The smallest absolute Gasteiger partial charge is 0.418 e. The number of carbonyl (C=O) groups is 3. The molecule has 0 saturated carbocycles. The molecule has 2 aromatic rings. The Morgan fingerprint density at radius 2 is 2.02 bits per heavy atom. The summed E-state index contributed by atoms with van der Waals surface area (Å²) in [6.45, 7) is 3.85. The molecule has 2 amide bonds. The average Bonchev–Trinajstić information content (AvgIpc) is 3.64. The SMILES string of the molecule is CC1(C)[C@H](NC(=O)/C(=N\OC(COc2ccc([C@H]3CNC(NCCN)=N3)cc2)C(=O)O)c2csc(N)n2)C(=O)N1OS(=O)(=O)O. The molecule has 1 fully saturated rings. The summed E-state index contributed by atoms with van der Waals surface area (Å²) in [5.74, 6) is -2.49. The summed E-state index contributed by atoms with van der Waals surface area (Å²) in [5, 5.41) is 23.8. The molecule has 2 aliphatic rings. The molecule has 9 N–H and O–H groups in total. The van der Waals surface area contributed by atoms with E-state index in [4.69, 9.17) is 25.6 Å². The summed E-state index contributed by atoms with van der Waals surface area (Å²) < 4.78 is 40.9. The number of guanidine groups is 1. The number of benzene rings is 1. The molecule has 244 valence electrons. The molecule has 19 nitrogen and oxygen atoms in total. The molecule has 0 aliphatic carbocycles. The maximum Gasteiger partial charge on any atom is 0.418 e. The van der Waals surface area contributed by atoms with Crippen LogP contribution in [0.3, 0.4) is 0 Å². The minimum Gasteiger partial charge on any atom is -0.489 e. The Labute approximate surface area is 260 Å². The van der Waals surface area contributed by atoms with Crippen LogP contribution in [-0.2, 0) is 33.9 Å². The number of carbonyl (C=O) groups excluding carboxylic acids is 2. The van der Waals surface area contributed by atoms with Crippen molar-refractivity contribution >= 4 is 56.3 Å². The van der Waals surface area contributed by atoms with Gasteiger partial charge in [0.05, 0.1) is 11.6 Å². The van der Waals surface area contributed by atoms with Crippen molar-refractivity contribution in [3.05, 3.63) is 40.9 Å². The van der Waals surface area contributed by atoms with Gasteiger partial charge in [-0.3, -0.25) is 14.1 Å². The van der Waals surface area contributed by atoms with Crippen LogP contribution < -0.4 is 32.2 Å². The van der Waals surface area contributed by atoms with Gasteiger partial charge in [0.15, 0.2) is 16.8 Å². The number of anilines is 1. The largest absolute Gasteiger partial charge is 0.489 e. The van der Waals surface area contributed by atoms with Crippen molar-refractivity contribution in [2.45, 2.75) is 37.6 Å². The maximum absolute atomic E-state index is 13.2. The summed E-state index contributed by atoms with van der Waals surface area (Å²) in [5.41, 5.74) is 10.0. The molecule has 1 aromatic heterocycles. The number of aromatic nitrogens is 1. The summed E-state index contributed by atoms with van der Waals surface area (Å²) in [4.78, 5) is 51.2. The third-order valence-electron chi connectivity index (χ3n) is 6.50. The van der Waals surface area contributed by atoms with Gasteiger partial charge in [0.1, 0.15) is 24.1 Å². The third kappa shape index (κ3) is 8.13. The number of carboxylic acid groups (broad SMARTS) is 1. The highest BCUT2D eigenvalue weighted by molar-refractivity contribution is 7.80. The fraction of sp³-hybridized carbons (Fsp3) is 0.417. The van der Waals surface area contributed by atoms with Crippen LogP contribution in [0.5, 0.6) is 5.75 Å². The Kier molecular flexibility index (Phi) is 10.1. The lowest BCUT2D eigenvalue weighted by atomic mass is 9.84. The second kappa shape index (κ2) is 13.6. The van der Waals surface area contributed by atoms with E-state index in [1.165, 1.54) is 19.2 Å². The van der Waals surface area contributed by atoms with Gasteiger partial charge < -0.3 is 42.1 Å². The Balaban J connectivity index is 1.42. The second-order valence-corrected chi connectivity index (χ2v) is 12.0. The van der Waals surface area contributed by atoms with Crippen molar-refractivity contribution in [3.8, 4) is 5.75 Å². The number of nitrogens with one attached hydrogen (secondary N) is 3. The normalized spacial score (nSPS) is 20.0. The molecule has 3 heterocycles. The molecule has 0 spiro atoms. The minimum absolute atomic E-state index is 0.0574. The number of hydroxylamine groups is 2. The van der Waals surface area contributed by atoms with Gasteiger partial charge >= 0.3 is 16.4 Å². The number of aliphatic imine (C=N–C) groups is 1. The Hall–Kier alpha value is -4.57. The Bertz CT molecular complexity index is 1590. The molecule has 4 rings (SSSR count). The Morgan fingerprint density at radius 1 is 1.31 bits per heavy atom. The molecule has 1 aromatic carbocycles. The zero-order chi connectivity index (χ0) is 32.9. The number of amides is 2. The van der Waals surface area contributed by atoms with E-state index in [-0.39, 0.29) is 16.9 Å². The molecule has 3 atom stereocenters. The first-order valence-electron chi connectivity index (χ1n) is 13.2. The summed E-state index contributed by atoms with van der Waals surface area (Å²) in [6.07, 6.45) is -1.68. The lowest BCUT2D eigenvalue weighted by Crippen LogP contribution is -2.76. The molecule has 1 saturated heterocycles. The fourth-order valence-corrected chi connectivity index (χ4v) is 5.17. The number of aliphatic carboxylic acids is 1. The van der Waals surface area contributed by atoms with E-state index in [0.717, 1.165) is 16.9 Å². The van der Waals surface area contributed by atoms with Crippen LogP contribution in [0.25, 0.3) is 0 Å². The average molecular weight is 670 g/mol. The van der Waals surface area contributed by atoms with Gasteiger partial charge in [-0.1, -0.05) is 17.3 Å². The number of hydrogen-bond acceptors (Lipinski definition) is 16. The van der Waals surface area contributed by atoms with E-state index in [1.54, 1.807) is 24.3 Å². The first kappa shape index (κ1) is 33.3. The number of oxime groups is 1. The molecule has 2 aliphatic heterocycles. The number of thiazole rings is 1. The van der Waals surface area contributed by atoms with Gasteiger partial charge in [-0.05, 0) is 31.5 Å². The van der Waals surface area contributed by atoms with Crippen LogP contribution in [0.4, 0.5) is 5.13 Å². The highest BCUT2D eigenvalue weighted by Crippen LogP contribution is 2.33. The predicted octanol–water partition coefficient (Wildman–Crippen LogP) is -1.63. The number of β-lactam (4-membered cyclic amide) rings is 1. The zero-order valence-electron chi connectivity index (χ0n) is 23.9. The number of nitrogens with two attached hydrogens (primary N) is 2. The van der Waals surface area contributed by atoms with Crippen molar-refractivity contribution in [1.29, 1.82) is 0 Å². The summed E-state index contributed by atoms with van der Waals surface area (Å²) >= 11 is 0.957. The molecule has 1 unspecified atom stereocenters. The number of nitrogen functional groups attached to an aromatic ring is 1. The van der Waals surface area contributed by atoms with Crippen LogP contribution in [0.15, 0.2) is 39.8 Å². The third-order valence-corrected chi connectivity index (χ3v) is 7.51. The lowest BCUT2D eigenvalue weighted by molar-refractivity contribution is -0.218. The number of ether oxygens (including phenoxy) is 1. The lowest BCUT2D eigenvalue weighted by Gasteiger charge is -2.50. The van der Waals surface area contributed by atoms with Gasteiger partial charge in [-0.2, -0.15) is 13.5 Å². The van der Waals surface area contributed by atoms with E-state index in [2.05, 4.69) is 35.4 Å². The van der Waals surface area contributed by atoms with Crippen molar-refractivity contribution in [1.82, 2.24) is 26.0 Å². The predicted molar refractivity (Wildman–Crippen MR) is 158 cm³/mol. The van der Waals surface area contributed by atoms with Crippen molar-refractivity contribution in [3.63, 3.8) is 0 Å². The highest BCUT2D eigenvalue weighted by Gasteiger charge is 2.58. The van der Waals surface area contributed by atoms with Crippen LogP contribution in [0, 0.1) is 0 Å². The first-order chi connectivity index (χ1) is 21.2. The standard InChI is InChI=1S/C24H31N9O10S2/c1-24(2)18(20(35)33(24)43-45(38,39)40)31-19(34)17(15-11-44-22(26)29-15)32-42-16(21(36)37)10-41-13-5-3-12(4-6-13)14-9-28-23(30-14)27-8-7-25/h3-6,11,14,16,18H,7-10,25H2,1-2H3,(H2,26,29)(H,31,34)(H,36,37)(H2,27,28,30)(H,38,39,40)/b32-17-/t14-,16?,18-/m1/s1. The Morgan fingerprint density at radius 3 is 2.60 bits per heavy atom. The molecular formula is C24H31N9O10S2. The van der Waals surface area contributed by atoms with Gasteiger partial charge in [0, 0.05) is 25.0 Å². The van der Waals surface area contributed by atoms with Gasteiger partial charge in [-0.15, -0.1) is 15.6 Å². The fourth-order valence-electron chi connectivity index (χ4n) is 4.17. The van der Waals surface area contributed by atoms with Crippen LogP contribution in [0.1, 0.15) is 31.1 Å². The van der Waals surface area contributed by atoms with Crippen LogP contribution in [0.2, 0.25) is 0 Å². The second-order valence-electron chi connectivity index (χ2n) is 10.1. The first-order valence-corrected chi connectivity index (χ1v) is 15.4. The number of rotatable bonds is 14. The summed E-state index contributed by atoms with van der Waals surface area (Å²) in [7, 11) is -5.01. The number of hydrogen-bond donors (Lipinski definition) is 7. The quantitative estimate of drug-likeness (QED) is 0.0514. The van der Waals surface area contributed by atoms with Crippen molar-refractivity contribution < 1.29 is 46.3 Å². The number of nitrogens with zero attached hydrogens (tertiary/aromatic N) is 4. The van der Waals surface area contributed by atoms with Crippen molar-refractivity contribution in [2.24, 2.45) is 15.9 Å². The molecule has 45 heavy (non-hydrogen) atoms.